The Kier molecular flexibility index (Phi) is 7.56. The molecule has 0 aliphatic carbocycles. The van der Waals surface area contributed by atoms with Crippen LogP contribution in [0.25, 0.3) is 11.1 Å². The molecule has 0 amide bonds. The first-order valence-corrected chi connectivity index (χ1v) is 11.8. The number of ketones is 1. The van der Waals surface area contributed by atoms with Gasteiger partial charge in [0, 0.05) is 18.7 Å². The molecule has 0 unspecified atom stereocenters. The molecule has 3 aromatic rings. The lowest BCUT2D eigenvalue weighted by Gasteiger charge is -2.18. The largest absolute Gasteiger partial charge is 0.454 e. The average molecular weight is 452 g/mol. The Balaban J connectivity index is 1.61. The SMILES string of the molecule is CCN(CC)S(=O)(=O)c1ccc(C(=O)OCC(=O)c2ccc(-c3ccccc3)cc2)cc1. The van der Waals surface area contributed by atoms with E-state index in [1.54, 1.807) is 26.0 Å². The molecule has 0 saturated heterocycles. The van der Waals surface area contributed by atoms with Gasteiger partial charge in [-0.15, -0.1) is 0 Å². The lowest BCUT2D eigenvalue weighted by Crippen LogP contribution is -2.30. The zero-order valence-corrected chi connectivity index (χ0v) is 18.8. The summed E-state index contributed by atoms with van der Waals surface area (Å²) in [4.78, 5) is 24.8. The summed E-state index contributed by atoms with van der Waals surface area (Å²) in [6, 6.07) is 22.4. The van der Waals surface area contributed by atoms with E-state index in [1.807, 2.05) is 42.5 Å². The maximum absolute atomic E-state index is 12.5. The summed E-state index contributed by atoms with van der Waals surface area (Å²) in [5.74, 6) is -1.01. The fourth-order valence-corrected chi connectivity index (χ4v) is 4.71. The molecule has 0 aromatic heterocycles. The molecule has 3 aromatic carbocycles. The van der Waals surface area contributed by atoms with Gasteiger partial charge in [0.25, 0.3) is 0 Å². The summed E-state index contributed by atoms with van der Waals surface area (Å²) in [5.41, 5.74) is 2.65. The van der Waals surface area contributed by atoms with Crippen LogP contribution in [0.15, 0.2) is 83.8 Å². The quantitative estimate of drug-likeness (QED) is 0.355. The molecule has 0 N–H and O–H groups in total. The molecule has 7 heteroatoms. The third-order valence-corrected chi connectivity index (χ3v) is 7.15. The molecule has 0 bridgehead atoms. The average Bonchev–Trinajstić information content (AvgIpc) is 2.83. The van der Waals surface area contributed by atoms with E-state index in [0.717, 1.165) is 11.1 Å². The maximum Gasteiger partial charge on any atom is 0.338 e. The lowest BCUT2D eigenvalue weighted by atomic mass is 10.0. The highest BCUT2D eigenvalue weighted by molar-refractivity contribution is 7.89. The Morgan fingerprint density at radius 2 is 1.28 bits per heavy atom. The van der Waals surface area contributed by atoms with Crippen LogP contribution < -0.4 is 0 Å². The minimum atomic E-state index is -3.60. The number of carbonyl (C=O) groups excluding carboxylic acids is 2. The predicted octanol–water partition coefficient (Wildman–Crippen LogP) is 4.42. The number of ether oxygens (including phenoxy) is 1. The molecule has 0 heterocycles. The van der Waals surface area contributed by atoms with E-state index in [4.69, 9.17) is 4.74 Å². The number of sulfonamides is 1. The molecule has 0 fully saturated rings. The van der Waals surface area contributed by atoms with Gasteiger partial charge >= 0.3 is 5.97 Å². The lowest BCUT2D eigenvalue weighted by molar-refractivity contribution is 0.0474. The van der Waals surface area contributed by atoms with Gasteiger partial charge in [-0.05, 0) is 35.4 Å². The van der Waals surface area contributed by atoms with Crippen LogP contribution in [0.1, 0.15) is 34.6 Å². The van der Waals surface area contributed by atoms with Gasteiger partial charge < -0.3 is 4.74 Å². The van der Waals surface area contributed by atoms with Crippen LogP contribution in [0, 0.1) is 0 Å². The first kappa shape index (κ1) is 23.4. The monoisotopic (exact) mass is 451 g/mol. The molecule has 0 saturated carbocycles. The summed E-state index contributed by atoms with van der Waals surface area (Å²) < 4.78 is 31.5. The van der Waals surface area contributed by atoms with Crippen LogP contribution in [0.4, 0.5) is 0 Å². The third-order valence-electron chi connectivity index (χ3n) is 5.08. The van der Waals surface area contributed by atoms with Crippen molar-refractivity contribution < 1.29 is 22.7 Å². The van der Waals surface area contributed by atoms with Gasteiger partial charge in [-0.2, -0.15) is 4.31 Å². The van der Waals surface area contributed by atoms with Crippen molar-refractivity contribution in [2.24, 2.45) is 0 Å². The minimum Gasteiger partial charge on any atom is -0.454 e. The van der Waals surface area contributed by atoms with Crippen molar-refractivity contribution in [3.8, 4) is 11.1 Å². The van der Waals surface area contributed by atoms with E-state index in [0.29, 0.717) is 18.7 Å². The van der Waals surface area contributed by atoms with Gasteiger partial charge in [-0.25, -0.2) is 13.2 Å². The minimum absolute atomic E-state index is 0.104. The summed E-state index contributed by atoms with van der Waals surface area (Å²) in [7, 11) is -3.60. The molecule has 0 aliphatic rings. The number of hydrogen-bond donors (Lipinski definition) is 0. The highest BCUT2D eigenvalue weighted by atomic mass is 32.2. The number of esters is 1. The number of carbonyl (C=O) groups is 2. The third kappa shape index (κ3) is 5.30. The Morgan fingerprint density at radius 3 is 1.84 bits per heavy atom. The fraction of sp³-hybridized carbons (Fsp3) is 0.200. The van der Waals surface area contributed by atoms with Gasteiger partial charge in [0.05, 0.1) is 10.5 Å². The van der Waals surface area contributed by atoms with E-state index in [2.05, 4.69) is 0 Å². The van der Waals surface area contributed by atoms with E-state index < -0.39 is 22.6 Å². The number of rotatable bonds is 9. The van der Waals surface area contributed by atoms with Gasteiger partial charge in [0.2, 0.25) is 10.0 Å². The van der Waals surface area contributed by atoms with Crippen LogP contribution in [0.2, 0.25) is 0 Å². The van der Waals surface area contributed by atoms with Crippen LogP contribution in [0.3, 0.4) is 0 Å². The molecule has 0 atom stereocenters. The van der Waals surface area contributed by atoms with Crippen LogP contribution in [0.5, 0.6) is 0 Å². The van der Waals surface area contributed by atoms with Crippen LogP contribution >= 0.6 is 0 Å². The van der Waals surface area contributed by atoms with Gasteiger partial charge in [-0.3, -0.25) is 4.79 Å². The molecular weight excluding hydrogens is 426 g/mol. The second-order valence-corrected chi connectivity index (χ2v) is 8.99. The number of hydrogen-bond acceptors (Lipinski definition) is 5. The van der Waals surface area contributed by atoms with E-state index >= 15 is 0 Å². The smallest absolute Gasteiger partial charge is 0.338 e. The molecular formula is C25H25NO5S. The van der Waals surface area contributed by atoms with E-state index in [1.165, 1.54) is 28.6 Å². The summed E-state index contributed by atoms with van der Waals surface area (Å²) >= 11 is 0. The summed E-state index contributed by atoms with van der Waals surface area (Å²) in [6.07, 6.45) is 0. The first-order valence-electron chi connectivity index (χ1n) is 10.3. The second-order valence-electron chi connectivity index (χ2n) is 7.06. The Bertz CT molecular complexity index is 1170. The highest BCUT2D eigenvalue weighted by Gasteiger charge is 2.22. The van der Waals surface area contributed by atoms with Gasteiger partial charge in [0.15, 0.2) is 12.4 Å². The van der Waals surface area contributed by atoms with Crippen molar-refractivity contribution in [2.75, 3.05) is 19.7 Å². The molecule has 3 rings (SSSR count). The van der Waals surface area contributed by atoms with E-state index in [9.17, 15) is 18.0 Å². The van der Waals surface area contributed by atoms with Crippen molar-refractivity contribution in [2.45, 2.75) is 18.7 Å². The van der Waals surface area contributed by atoms with Crippen molar-refractivity contribution >= 4 is 21.8 Å². The Hall–Kier alpha value is -3.29. The number of nitrogens with zero attached hydrogens (tertiary/aromatic N) is 1. The highest BCUT2D eigenvalue weighted by Crippen LogP contribution is 2.20. The summed E-state index contributed by atoms with van der Waals surface area (Å²) in [5, 5.41) is 0. The van der Waals surface area contributed by atoms with Crippen LogP contribution in [-0.2, 0) is 14.8 Å². The van der Waals surface area contributed by atoms with Crippen LogP contribution in [-0.4, -0.2) is 44.2 Å². The molecule has 166 valence electrons. The molecule has 32 heavy (non-hydrogen) atoms. The zero-order valence-electron chi connectivity index (χ0n) is 18.0. The topological polar surface area (TPSA) is 80.8 Å². The van der Waals surface area contributed by atoms with Gasteiger partial charge in [0.1, 0.15) is 0 Å². The Morgan fingerprint density at radius 1 is 0.750 bits per heavy atom. The molecule has 6 nitrogen and oxygen atoms in total. The van der Waals surface area contributed by atoms with Crippen molar-refractivity contribution in [1.29, 1.82) is 0 Å². The van der Waals surface area contributed by atoms with Crippen molar-refractivity contribution in [1.82, 2.24) is 4.31 Å². The number of benzene rings is 3. The predicted molar refractivity (Wildman–Crippen MR) is 123 cm³/mol. The van der Waals surface area contributed by atoms with E-state index in [-0.39, 0.29) is 16.2 Å². The summed E-state index contributed by atoms with van der Waals surface area (Å²) in [6.45, 7) is 3.84. The fourth-order valence-electron chi connectivity index (χ4n) is 3.25. The first-order chi connectivity index (χ1) is 15.4. The number of Topliss-reactive ketones (excluding diaryl/α,β-unsaturated/α-hetero) is 1. The Labute approximate surface area is 188 Å². The molecule has 0 aliphatic heterocycles. The maximum atomic E-state index is 12.5. The second kappa shape index (κ2) is 10.3. The standard InChI is InChI=1S/C25H25NO5S/c1-3-26(4-2)32(29,30)23-16-14-22(15-17-23)25(28)31-18-24(27)21-12-10-20(11-13-21)19-8-6-5-7-9-19/h5-17H,3-4,18H2,1-2H3. The normalized spacial score (nSPS) is 11.3. The van der Waals surface area contributed by atoms with Crippen molar-refractivity contribution in [3.05, 3.63) is 90.0 Å². The molecule has 0 radical (unpaired) electrons. The molecule has 0 spiro atoms. The zero-order chi connectivity index (χ0) is 23.1. The van der Waals surface area contributed by atoms with Gasteiger partial charge in [-0.1, -0.05) is 68.4 Å². The van der Waals surface area contributed by atoms with Crippen molar-refractivity contribution in [3.63, 3.8) is 0 Å².